The molecule has 0 unspecified atom stereocenters. The van der Waals surface area contributed by atoms with E-state index in [-0.39, 0.29) is 12.2 Å². The number of aliphatic hydroxyl groups excluding tert-OH is 1. The summed E-state index contributed by atoms with van der Waals surface area (Å²) in [6.45, 7) is 0. The lowest BCUT2D eigenvalue weighted by atomic mass is 10.1. The summed E-state index contributed by atoms with van der Waals surface area (Å²) >= 11 is 0. The van der Waals surface area contributed by atoms with Crippen LogP contribution < -0.4 is 0 Å². The van der Waals surface area contributed by atoms with Gasteiger partial charge < -0.3 is 9.84 Å². The fourth-order valence-corrected chi connectivity index (χ4v) is 1.07. The van der Waals surface area contributed by atoms with Crippen LogP contribution in [0.1, 0.15) is 5.56 Å². The minimum atomic E-state index is -0.800. The number of rotatable bonds is 3. The van der Waals surface area contributed by atoms with Crippen LogP contribution in [0.2, 0.25) is 0 Å². The van der Waals surface area contributed by atoms with E-state index in [1.807, 2.05) is 0 Å². The van der Waals surface area contributed by atoms with Gasteiger partial charge in [-0.15, -0.1) is 0 Å². The van der Waals surface area contributed by atoms with Crippen LogP contribution in [0.15, 0.2) is 36.1 Å². The Morgan fingerprint density at radius 1 is 1.60 bits per heavy atom. The van der Waals surface area contributed by atoms with Crippen LogP contribution in [-0.2, 0) is 16.0 Å². The second kappa shape index (κ2) is 5.14. The number of allylic oxidation sites excluding steroid dienone is 1. The maximum absolute atomic E-state index is 12.7. The quantitative estimate of drug-likeness (QED) is 0.471. The summed E-state index contributed by atoms with van der Waals surface area (Å²) in [5.41, 5.74) is 0.672. The standard InChI is InChI=1S/C11H11FO3/c1-15-11(14)10(13)6-5-8-3-2-4-9(12)7-8/h2-4,6-7,13H,5H2,1H3. The lowest BCUT2D eigenvalue weighted by molar-refractivity contribution is -0.139. The molecule has 0 saturated carbocycles. The molecule has 0 radical (unpaired) electrons. The van der Waals surface area contributed by atoms with Crippen molar-refractivity contribution in [1.82, 2.24) is 0 Å². The molecule has 4 heteroatoms. The summed E-state index contributed by atoms with van der Waals surface area (Å²) in [6, 6.07) is 5.92. The predicted molar refractivity (Wildman–Crippen MR) is 52.8 cm³/mol. The zero-order chi connectivity index (χ0) is 11.3. The second-order valence-corrected chi connectivity index (χ2v) is 2.91. The van der Waals surface area contributed by atoms with Gasteiger partial charge in [0.15, 0.2) is 5.76 Å². The molecular weight excluding hydrogens is 199 g/mol. The Hall–Kier alpha value is -1.84. The van der Waals surface area contributed by atoms with Crippen molar-refractivity contribution in [3.8, 4) is 0 Å². The number of esters is 1. The monoisotopic (exact) mass is 210 g/mol. The largest absolute Gasteiger partial charge is 0.502 e. The minimum Gasteiger partial charge on any atom is -0.502 e. The fraction of sp³-hybridized carbons (Fsp3) is 0.182. The summed E-state index contributed by atoms with van der Waals surface area (Å²) in [5, 5.41) is 9.14. The molecular formula is C11H11FO3. The Bertz CT molecular complexity index is 385. The van der Waals surface area contributed by atoms with E-state index >= 15 is 0 Å². The Morgan fingerprint density at radius 2 is 2.33 bits per heavy atom. The fourth-order valence-electron chi connectivity index (χ4n) is 1.07. The lowest BCUT2D eigenvalue weighted by Crippen LogP contribution is -2.04. The number of benzene rings is 1. The molecule has 1 aromatic carbocycles. The van der Waals surface area contributed by atoms with Crippen LogP contribution in [0, 0.1) is 5.82 Å². The number of hydrogen-bond donors (Lipinski definition) is 1. The van der Waals surface area contributed by atoms with E-state index in [9.17, 15) is 9.18 Å². The molecule has 0 saturated heterocycles. The smallest absolute Gasteiger partial charge is 0.372 e. The van der Waals surface area contributed by atoms with Gasteiger partial charge in [-0.1, -0.05) is 12.1 Å². The molecule has 0 spiro atoms. The van der Waals surface area contributed by atoms with E-state index in [0.717, 1.165) is 0 Å². The van der Waals surface area contributed by atoms with Crippen molar-refractivity contribution in [2.24, 2.45) is 0 Å². The van der Waals surface area contributed by atoms with Gasteiger partial charge in [0.2, 0.25) is 0 Å². The third-order valence-electron chi connectivity index (χ3n) is 1.81. The highest BCUT2D eigenvalue weighted by molar-refractivity contribution is 5.85. The van der Waals surface area contributed by atoms with E-state index in [0.29, 0.717) is 5.56 Å². The van der Waals surface area contributed by atoms with E-state index in [1.165, 1.54) is 25.3 Å². The second-order valence-electron chi connectivity index (χ2n) is 2.91. The number of ether oxygens (including phenoxy) is 1. The average molecular weight is 210 g/mol. The van der Waals surface area contributed by atoms with Crippen LogP contribution in [-0.4, -0.2) is 18.2 Å². The van der Waals surface area contributed by atoms with Crippen LogP contribution in [0.25, 0.3) is 0 Å². The topological polar surface area (TPSA) is 46.5 Å². The molecule has 0 bridgehead atoms. The van der Waals surface area contributed by atoms with E-state index in [4.69, 9.17) is 5.11 Å². The van der Waals surface area contributed by atoms with Crippen LogP contribution >= 0.6 is 0 Å². The van der Waals surface area contributed by atoms with Gasteiger partial charge in [0, 0.05) is 0 Å². The zero-order valence-electron chi connectivity index (χ0n) is 8.24. The van der Waals surface area contributed by atoms with E-state index < -0.39 is 11.7 Å². The number of carbonyl (C=O) groups excluding carboxylic acids is 1. The maximum Gasteiger partial charge on any atom is 0.372 e. The van der Waals surface area contributed by atoms with Crippen molar-refractivity contribution in [2.45, 2.75) is 6.42 Å². The SMILES string of the molecule is COC(=O)C(O)=CCc1cccc(F)c1. The van der Waals surface area contributed by atoms with Gasteiger partial charge in [0.1, 0.15) is 5.82 Å². The van der Waals surface area contributed by atoms with Crippen molar-refractivity contribution in [2.75, 3.05) is 7.11 Å². The minimum absolute atomic E-state index is 0.276. The average Bonchev–Trinajstić information content (AvgIpc) is 2.25. The van der Waals surface area contributed by atoms with Crippen molar-refractivity contribution in [3.05, 3.63) is 47.5 Å². The van der Waals surface area contributed by atoms with Gasteiger partial charge >= 0.3 is 5.97 Å². The molecule has 3 nitrogen and oxygen atoms in total. The highest BCUT2D eigenvalue weighted by Crippen LogP contribution is 2.06. The molecule has 15 heavy (non-hydrogen) atoms. The summed E-state index contributed by atoms with van der Waals surface area (Å²) in [6.07, 6.45) is 1.55. The molecule has 0 fully saturated rings. The highest BCUT2D eigenvalue weighted by Gasteiger charge is 2.05. The zero-order valence-corrected chi connectivity index (χ0v) is 8.24. The molecule has 0 aliphatic heterocycles. The van der Waals surface area contributed by atoms with Crippen LogP contribution in [0.4, 0.5) is 4.39 Å². The van der Waals surface area contributed by atoms with E-state index in [1.54, 1.807) is 12.1 Å². The Labute approximate surface area is 86.8 Å². The van der Waals surface area contributed by atoms with Crippen molar-refractivity contribution < 1.29 is 19.0 Å². The molecule has 80 valence electrons. The molecule has 0 heterocycles. The third-order valence-corrected chi connectivity index (χ3v) is 1.81. The Kier molecular flexibility index (Phi) is 3.85. The van der Waals surface area contributed by atoms with Crippen molar-refractivity contribution >= 4 is 5.97 Å². The van der Waals surface area contributed by atoms with E-state index in [2.05, 4.69) is 4.74 Å². The lowest BCUT2D eigenvalue weighted by Gasteiger charge is -1.98. The molecule has 0 aliphatic rings. The predicted octanol–water partition coefficient (Wildman–Crippen LogP) is 1.98. The Morgan fingerprint density at radius 3 is 2.93 bits per heavy atom. The molecule has 0 aliphatic carbocycles. The third kappa shape index (κ3) is 3.42. The normalized spacial score (nSPS) is 11.2. The molecule has 0 aromatic heterocycles. The first-order valence-corrected chi connectivity index (χ1v) is 4.35. The van der Waals surface area contributed by atoms with Gasteiger partial charge in [0.05, 0.1) is 7.11 Å². The van der Waals surface area contributed by atoms with Gasteiger partial charge in [-0.2, -0.15) is 0 Å². The van der Waals surface area contributed by atoms with Gasteiger partial charge in [0.25, 0.3) is 0 Å². The molecule has 0 amide bonds. The first-order chi connectivity index (χ1) is 7.13. The number of carbonyl (C=O) groups is 1. The number of halogens is 1. The first kappa shape index (κ1) is 11.2. The highest BCUT2D eigenvalue weighted by atomic mass is 19.1. The van der Waals surface area contributed by atoms with Gasteiger partial charge in [-0.25, -0.2) is 9.18 Å². The number of hydrogen-bond acceptors (Lipinski definition) is 3. The van der Waals surface area contributed by atoms with Crippen LogP contribution in [0.3, 0.4) is 0 Å². The molecule has 0 atom stereocenters. The summed E-state index contributed by atoms with van der Waals surface area (Å²) < 4.78 is 17.0. The summed E-state index contributed by atoms with van der Waals surface area (Å²) in [7, 11) is 1.18. The Balaban J connectivity index is 2.67. The first-order valence-electron chi connectivity index (χ1n) is 4.35. The number of aliphatic hydroxyl groups is 1. The van der Waals surface area contributed by atoms with Crippen molar-refractivity contribution in [3.63, 3.8) is 0 Å². The van der Waals surface area contributed by atoms with Crippen molar-refractivity contribution in [1.29, 1.82) is 0 Å². The molecule has 1 N–H and O–H groups in total. The summed E-state index contributed by atoms with van der Waals surface area (Å²) in [4.78, 5) is 10.8. The number of methoxy groups -OCH3 is 1. The summed E-state index contributed by atoms with van der Waals surface area (Å²) in [5.74, 6) is -1.62. The van der Waals surface area contributed by atoms with Gasteiger partial charge in [-0.3, -0.25) is 0 Å². The molecule has 1 rings (SSSR count). The molecule has 1 aromatic rings. The van der Waals surface area contributed by atoms with Gasteiger partial charge in [-0.05, 0) is 30.2 Å². The maximum atomic E-state index is 12.7. The van der Waals surface area contributed by atoms with Crippen LogP contribution in [0.5, 0.6) is 0 Å².